The van der Waals surface area contributed by atoms with Crippen molar-refractivity contribution in [1.29, 1.82) is 0 Å². The number of aromatic hydroxyl groups is 1. The molecule has 1 N–H and O–H groups in total. The van der Waals surface area contributed by atoms with E-state index in [1.54, 1.807) is 6.07 Å². The zero-order valence-corrected chi connectivity index (χ0v) is 15.5. The molecule has 2 heterocycles. The van der Waals surface area contributed by atoms with E-state index < -0.39 is 11.7 Å². The van der Waals surface area contributed by atoms with Crippen LogP contribution in [0.1, 0.15) is 12.0 Å². The smallest absolute Gasteiger partial charge is 0.416 e. The predicted octanol–water partition coefficient (Wildman–Crippen LogP) is 3.51. The van der Waals surface area contributed by atoms with Crippen molar-refractivity contribution in [2.75, 3.05) is 43.4 Å². The van der Waals surface area contributed by atoms with Crippen LogP contribution in [0, 0.1) is 0 Å². The van der Waals surface area contributed by atoms with Gasteiger partial charge >= 0.3 is 6.18 Å². The third kappa shape index (κ3) is 5.74. The van der Waals surface area contributed by atoms with Gasteiger partial charge in [-0.2, -0.15) is 18.2 Å². The van der Waals surface area contributed by atoms with Gasteiger partial charge in [0, 0.05) is 49.9 Å². The van der Waals surface area contributed by atoms with Crippen molar-refractivity contribution in [3.8, 4) is 5.88 Å². The van der Waals surface area contributed by atoms with Gasteiger partial charge in [-0.05, 0) is 31.2 Å². The topological polar surface area (TPSA) is 52.5 Å². The van der Waals surface area contributed by atoms with E-state index in [-0.39, 0.29) is 5.88 Å². The average Bonchev–Trinajstić information content (AvgIpc) is 2.65. The molecule has 1 aromatic carbocycles. The maximum atomic E-state index is 12.9. The van der Waals surface area contributed by atoms with E-state index in [1.165, 1.54) is 36.2 Å². The molecular weight excluding hydrogens is 377 g/mol. The van der Waals surface area contributed by atoms with Gasteiger partial charge < -0.3 is 10.0 Å². The van der Waals surface area contributed by atoms with Crippen molar-refractivity contribution in [3.05, 3.63) is 42.1 Å². The molecule has 0 spiro atoms. The van der Waals surface area contributed by atoms with E-state index in [9.17, 15) is 18.3 Å². The zero-order valence-electron chi connectivity index (χ0n) is 14.7. The van der Waals surface area contributed by atoms with E-state index in [0.717, 1.165) is 37.9 Å². The molecule has 0 unspecified atom stereocenters. The minimum Gasteiger partial charge on any atom is -0.493 e. The minimum atomic E-state index is -4.31. The van der Waals surface area contributed by atoms with Gasteiger partial charge in [-0.25, -0.2) is 4.98 Å². The lowest BCUT2D eigenvalue weighted by molar-refractivity contribution is -0.137. The summed E-state index contributed by atoms with van der Waals surface area (Å²) < 4.78 is 38.6. The lowest BCUT2D eigenvalue weighted by Gasteiger charge is -2.36. The monoisotopic (exact) mass is 398 g/mol. The van der Waals surface area contributed by atoms with Gasteiger partial charge in [0.25, 0.3) is 0 Å². The van der Waals surface area contributed by atoms with Crippen LogP contribution in [0.5, 0.6) is 5.88 Å². The maximum absolute atomic E-state index is 12.9. The summed E-state index contributed by atoms with van der Waals surface area (Å²) in [7, 11) is 0. The van der Waals surface area contributed by atoms with Crippen LogP contribution >= 0.6 is 11.8 Å². The Bertz CT molecular complexity index is 751. The van der Waals surface area contributed by atoms with Crippen molar-refractivity contribution >= 4 is 17.4 Å². The second-order valence-corrected chi connectivity index (χ2v) is 7.34. The van der Waals surface area contributed by atoms with Crippen LogP contribution in [0.2, 0.25) is 0 Å². The highest BCUT2D eigenvalue weighted by Gasteiger charge is 2.31. The summed E-state index contributed by atoms with van der Waals surface area (Å²) in [6.45, 7) is 3.99. The first-order chi connectivity index (χ1) is 12.9. The summed E-state index contributed by atoms with van der Waals surface area (Å²) >= 11 is 1.50. The predicted molar refractivity (Wildman–Crippen MR) is 99.1 cm³/mol. The summed E-state index contributed by atoms with van der Waals surface area (Å²) in [6.07, 6.45) is -1.83. The van der Waals surface area contributed by atoms with Crippen molar-refractivity contribution in [2.24, 2.45) is 0 Å². The first-order valence-corrected chi connectivity index (χ1v) is 9.70. The molecule has 1 aromatic heterocycles. The number of hydrogen-bond acceptors (Lipinski definition) is 6. The molecule has 0 atom stereocenters. The van der Waals surface area contributed by atoms with Gasteiger partial charge in [-0.15, -0.1) is 0 Å². The van der Waals surface area contributed by atoms with Crippen molar-refractivity contribution in [3.63, 3.8) is 0 Å². The lowest BCUT2D eigenvalue weighted by atomic mass is 10.1. The van der Waals surface area contributed by atoms with Crippen LogP contribution in [0.4, 0.5) is 18.9 Å². The molecule has 0 amide bonds. The van der Waals surface area contributed by atoms with Gasteiger partial charge in [0.15, 0.2) is 5.16 Å². The molecule has 3 rings (SSSR count). The van der Waals surface area contributed by atoms with Crippen molar-refractivity contribution in [2.45, 2.75) is 17.8 Å². The normalized spacial score (nSPS) is 15.9. The molecule has 0 radical (unpaired) electrons. The number of thioether (sulfide) groups is 1. The molecule has 9 heteroatoms. The Hall–Kier alpha value is -2.00. The van der Waals surface area contributed by atoms with E-state index in [0.29, 0.717) is 23.9 Å². The summed E-state index contributed by atoms with van der Waals surface area (Å²) in [5.74, 6) is 0.815. The van der Waals surface area contributed by atoms with Crippen LogP contribution in [0.25, 0.3) is 0 Å². The second-order valence-electron chi connectivity index (χ2n) is 6.28. The number of hydrogen-bond donors (Lipinski definition) is 1. The highest BCUT2D eigenvalue weighted by Crippen LogP contribution is 2.31. The Labute approximate surface area is 160 Å². The number of nitrogens with zero attached hydrogens (tertiary/aromatic N) is 4. The molecule has 146 valence electrons. The van der Waals surface area contributed by atoms with Crippen molar-refractivity contribution < 1.29 is 18.3 Å². The van der Waals surface area contributed by atoms with Crippen LogP contribution < -0.4 is 4.90 Å². The quantitative estimate of drug-likeness (QED) is 0.457. The molecule has 5 nitrogen and oxygen atoms in total. The molecule has 1 fully saturated rings. The number of halogens is 3. The number of anilines is 1. The van der Waals surface area contributed by atoms with Gasteiger partial charge in [-0.1, -0.05) is 17.8 Å². The third-order valence-electron chi connectivity index (χ3n) is 4.38. The second kappa shape index (κ2) is 8.79. The molecule has 0 bridgehead atoms. The first kappa shape index (κ1) is 19.8. The molecule has 1 saturated heterocycles. The molecule has 0 saturated carbocycles. The average molecular weight is 398 g/mol. The molecule has 1 aliphatic rings. The van der Waals surface area contributed by atoms with Gasteiger partial charge in [0.1, 0.15) is 0 Å². The Morgan fingerprint density at radius 2 is 1.89 bits per heavy atom. The van der Waals surface area contributed by atoms with Crippen LogP contribution in [0.15, 0.2) is 41.7 Å². The zero-order chi connectivity index (χ0) is 19.3. The Morgan fingerprint density at radius 3 is 2.59 bits per heavy atom. The lowest BCUT2D eigenvalue weighted by Crippen LogP contribution is -2.46. The van der Waals surface area contributed by atoms with Gasteiger partial charge in [0.2, 0.25) is 5.88 Å². The molecule has 0 aliphatic carbocycles. The number of piperazine rings is 1. The number of alkyl halides is 3. The van der Waals surface area contributed by atoms with Crippen LogP contribution in [-0.4, -0.2) is 58.5 Å². The molecule has 1 aliphatic heterocycles. The van der Waals surface area contributed by atoms with E-state index in [1.807, 2.05) is 4.90 Å². The fraction of sp³-hybridized carbons (Fsp3) is 0.444. The Balaban J connectivity index is 1.41. The largest absolute Gasteiger partial charge is 0.493 e. The minimum absolute atomic E-state index is 0.0294. The molecular formula is C18H21F3N4OS. The number of rotatable bonds is 6. The van der Waals surface area contributed by atoms with E-state index in [2.05, 4.69) is 14.9 Å². The fourth-order valence-corrected chi connectivity index (χ4v) is 3.71. The highest BCUT2D eigenvalue weighted by atomic mass is 32.2. The SMILES string of the molecule is Oc1ccnc(SCCCN2CCN(c3cccc(C(F)(F)F)c3)CC2)n1. The van der Waals surface area contributed by atoms with E-state index >= 15 is 0 Å². The standard InChI is InChI=1S/C18H21F3N4OS/c19-18(20,21)14-3-1-4-15(13-14)25-10-8-24(9-11-25)7-2-12-27-17-22-6-5-16(26)23-17/h1,3-6,13H,2,7-12H2,(H,22,23,26). The Morgan fingerprint density at radius 1 is 1.11 bits per heavy atom. The summed E-state index contributed by atoms with van der Waals surface area (Å²) in [4.78, 5) is 12.3. The first-order valence-electron chi connectivity index (χ1n) is 8.71. The van der Waals surface area contributed by atoms with Crippen molar-refractivity contribution in [1.82, 2.24) is 14.9 Å². The molecule has 27 heavy (non-hydrogen) atoms. The number of benzene rings is 1. The van der Waals surface area contributed by atoms with Crippen LogP contribution in [0.3, 0.4) is 0 Å². The maximum Gasteiger partial charge on any atom is 0.416 e. The Kier molecular flexibility index (Phi) is 6.43. The summed E-state index contributed by atoms with van der Waals surface area (Å²) in [5.41, 5.74) is 0.0229. The highest BCUT2D eigenvalue weighted by molar-refractivity contribution is 7.99. The molecule has 2 aromatic rings. The third-order valence-corrected chi connectivity index (χ3v) is 5.33. The van der Waals surface area contributed by atoms with Crippen LogP contribution in [-0.2, 0) is 6.18 Å². The summed E-state index contributed by atoms with van der Waals surface area (Å²) in [6, 6.07) is 6.96. The number of aromatic nitrogens is 2. The fourth-order valence-electron chi connectivity index (χ4n) is 2.96. The summed E-state index contributed by atoms with van der Waals surface area (Å²) in [5, 5.41) is 9.87. The van der Waals surface area contributed by atoms with E-state index in [4.69, 9.17) is 0 Å². The van der Waals surface area contributed by atoms with Gasteiger partial charge in [-0.3, -0.25) is 4.90 Å². The van der Waals surface area contributed by atoms with Gasteiger partial charge in [0.05, 0.1) is 5.56 Å².